The fourth-order valence-electron chi connectivity index (χ4n) is 3.99. The van der Waals surface area contributed by atoms with Crippen LogP contribution in [0.3, 0.4) is 0 Å². The quantitative estimate of drug-likeness (QED) is 0.728. The molecule has 0 bridgehead atoms. The van der Waals surface area contributed by atoms with E-state index in [1.165, 1.54) is 12.0 Å². The van der Waals surface area contributed by atoms with Crippen LogP contribution in [-0.2, 0) is 14.3 Å². The molecule has 1 unspecified atom stereocenters. The number of esters is 1. The highest BCUT2D eigenvalue weighted by atomic mass is 32.1. The standard InChI is InChI=1S/C20H19NO3S2/c1-11-17(20(23)24-2)19(16-6-4-8-26-16)18-13(21-11)9-12(10-14(18)22)15-5-3-7-25-15/h3-8,12,17,19H,9-10H2,1-2H3/t12-,17?,19+/m1/s1. The lowest BCUT2D eigenvalue weighted by Crippen LogP contribution is -2.37. The molecule has 0 fully saturated rings. The molecule has 2 aliphatic rings. The maximum absolute atomic E-state index is 13.1. The van der Waals surface area contributed by atoms with Crippen LogP contribution in [0, 0.1) is 5.92 Å². The number of allylic oxidation sites excluding steroid dienone is 2. The predicted octanol–water partition coefficient (Wildman–Crippen LogP) is 4.56. The molecule has 2 aromatic rings. The van der Waals surface area contributed by atoms with E-state index in [-0.39, 0.29) is 23.6 Å². The first-order chi connectivity index (χ1) is 12.6. The zero-order valence-corrected chi connectivity index (χ0v) is 16.2. The topological polar surface area (TPSA) is 55.7 Å². The number of hydrogen-bond acceptors (Lipinski definition) is 6. The second kappa shape index (κ2) is 6.93. The van der Waals surface area contributed by atoms with Gasteiger partial charge in [-0.1, -0.05) is 12.1 Å². The number of rotatable bonds is 3. The molecule has 3 heterocycles. The third-order valence-corrected chi connectivity index (χ3v) is 7.13. The lowest BCUT2D eigenvalue weighted by molar-refractivity contribution is -0.143. The molecule has 4 rings (SSSR count). The van der Waals surface area contributed by atoms with Crippen molar-refractivity contribution in [2.45, 2.75) is 31.6 Å². The van der Waals surface area contributed by atoms with E-state index >= 15 is 0 Å². The summed E-state index contributed by atoms with van der Waals surface area (Å²) < 4.78 is 5.04. The highest BCUT2D eigenvalue weighted by Gasteiger charge is 2.45. The Bertz CT molecular complexity index is 894. The van der Waals surface area contributed by atoms with E-state index in [0.717, 1.165) is 22.7 Å². The van der Waals surface area contributed by atoms with E-state index in [4.69, 9.17) is 9.73 Å². The third kappa shape index (κ3) is 2.87. The molecular formula is C20H19NO3S2. The van der Waals surface area contributed by atoms with Crippen LogP contribution in [0.5, 0.6) is 0 Å². The summed E-state index contributed by atoms with van der Waals surface area (Å²) in [5.74, 6) is -0.861. The van der Waals surface area contributed by atoms with Crippen LogP contribution in [0.4, 0.5) is 0 Å². The molecule has 4 nitrogen and oxygen atoms in total. The molecule has 1 aliphatic heterocycles. The van der Waals surface area contributed by atoms with E-state index in [9.17, 15) is 9.59 Å². The molecular weight excluding hydrogens is 366 g/mol. The Kier molecular flexibility index (Phi) is 4.63. The minimum Gasteiger partial charge on any atom is -0.468 e. The van der Waals surface area contributed by atoms with Crippen LogP contribution in [0.1, 0.15) is 41.4 Å². The molecule has 134 valence electrons. The third-order valence-electron chi connectivity index (χ3n) is 5.14. The predicted molar refractivity (Wildman–Crippen MR) is 104 cm³/mol. The van der Waals surface area contributed by atoms with E-state index < -0.39 is 5.92 Å². The van der Waals surface area contributed by atoms with Gasteiger partial charge in [0, 0.05) is 45.0 Å². The van der Waals surface area contributed by atoms with Crippen LogP contribution in [0.2, 0.25) is 0 Å². The monoisotopic (exact) mass is 385 g/mol. The van der Waals surface area contributed by atoms with Crippen LogP contribution in [0.15, 0.2) is 51.3 Å². The molecule has 0 amide bonds. The van der Waals surface area contributed by atoms with Crippen molar-refractivity contribution in [3.05, 3.63) is 56.1 Å². The van der Waals surface area contributed by atoms with Crippen molar-refractivity contribution in [3.63, 3.8) is 0 Å². The molecule has 2 aromatic heterocycles. The summed E-state index contributed by atoms with van der Waals surface area (Å²) in [6, 6.07) is 8.05. The molecule has 6 heteroatoms. The summed E-state index contributed by atoms with van der Waals surface area (Å²) >= 11 is 3.26. The van der Waals surface area contributed by atoms with Crippen molar-refractivity contribution in [3.8, 4) is 0 Å². The van der Waals surface area contributed by atoms with Crippen LogP contribution < -0.4 is 0 Å². The molecule has 0 radical (unpaired) electrons. The fourth-order valence-corrected chi connectivity index (χ4v) is 5.69. The van der Waals surface area contributed by atoms with Gasteiger partial charge >= 0.3 is 5.97 Å². The minimum atomic E-state index is -0.528. The lowest BCUT2D eigenvalue weighted by Gasteiger charge is -2.35. The lowest BCUT2D eigenvalue weighted by atomic mass is 9.72. The van der Waals surface area contributed by atoms with E-state index in [0.29, 0.717) is 12.0 Å². The molecule has 0 spiro atoms. The van der Waals surface area contributed by atoms with Gasteiger partial charge in [-0.15, -0.1) is 22.7 Å². The summed E-state index contributed by atoms with van der Waals surface area (Å²) in [7, 11) is 1.39. The molecule has 0 N–H and O–H groups in total. The van der Waals surface area contributed by atoms with Crippen molar-refractivity contribution in [1.82, 2.24) is 0 Å². The van der Waals surface area contributed by atoms with Gasteiger partial charge in [-0.05, 0) is 36.2 Å². The Morgan fingerprint density at radius 1 is 1.15 bits per heavy atom. The number of carbonyl (C=O) groups is 2. The van der Waals surface area contributed by atoms with Gasteiger partial charge in [0.2, 0.25) is 0 Å². The molecule has 0 saturated heterocycles. The maximum Gasteiger partial charge on any atom is 0.315 e. The second-order valence-electron chi connectivity index (χ2n) is 6.65. The smallest absolute Gasteiger partial charge is 0.315 e. The van der Waals surface area contributed by atoms with Gasteiger partial charge in [0.05, 0.1) is 7.11 Å². The number of thiophene rings is 2. The summed E-state index contributed by atoms with van der Waals surface area (Å²) in [5.41, 5.74) is 2.28. The number of methoxy groups -OCH3 is 1. The average Bonchev–Trinajstić information content (AvgIpc) is 3.33. The first kappa shape index (κ1) is 17.4. The number of carbonyl (C=O) groups excluding carboxylic acids is 2. The summed E-state index contributed by atoms with van der Waals surface area (Å²) in [5, 5.41) is 4.02. The average molecular weight is 386 g/mol. The van der Waals surface area contributed by atoms with Crippen molar-refractivity contribution >= 4 is 40.1 Å². The van der Waals surface area contributed by atoms with E-state index in [2.05, 4.69) is 6.07 Å². The normalized spacial score (nSPS) is 25.7. The zero-order chi connectivity index (χ0) is 18.3. The number of Topliss-reactive ketones (excluding diaryl/α,β-unsaturated/α-hetero) is 1. The van der Waals surface area contributed by atoms with Gasteiger partial charge in [-0.3, -0.25) is 14.6 Å². The minimum absolute atomic E-state index is 0.105. The highest BCUT2D eigenvalue weighted by Crippen LogP contribution is 2.48. The van der Waals surface area contributed by atoms with Gasteiger partial charge in [0.1, 0.15) is 5.92 Å². The number of hydrogen-bond donors (Lipinski definition) is 0. The SMILES string of the molecule is COC(=O)C1C(C)=NC2=C(C(=O)C[C@H](c3cccs3)C2)[C@H]1c1cccs1. The first-order valence-corrected chi connectivity index (χ1v) is 10.3. The molecule has 3 atom stereocenters. The van der Waals surface area contributed by atoms with Crippen LogP contribution in [-0.4, -0.2) is 24.6 Å². The second-order valence-corrected chi connectivity index (χ2v) is 8.61. The number of ketones is 1. The van der Waals surface area contributed by atoms with Gasteiger partial charge < -0.3 is 4.74 Å². The van der Waals surface area contributed by atoms with Gasteiger partial charge in [-0.25, -0.2) is 0 Å². The largest absolute Gasteiger partial charge is 0.468 e. The zero-order valence-electron chi connectivity index (χ0n) is 14.6. The first-order valence-electron chi connectivity index (χ1n) is 8.56. The Morgan fingerprint density at radius 2 is 1.85 bits per heavy atom. The molecule has 26 heavy (non-hydrogen) atoms. The van der Waals surface area contributed by atoms with E-state index in [1.807, 2.05) is 35.9 Å². The highest BCUT2D eigenvalue weighted by molar-refractivity contribution is 7.10. The van der Waals surface area contributed by atoms with Crippen molar-refractivity contribution < 1.29 is 14.3 Å². The Balaban J connectivity index is 1.80. The molecule has 0 aromatic carbocycles. The Morgan fingerprint density at radius 3 is 2.46 bits per heavy atom. The van der Waals surface area contributed by atoms with Crippen molar-refractivity contribution in [2.75, 3.05) is 7.11 Å². The van der Waals surface area contributed by atoms with Gasteiger partial charge in [-0.2, -0.15) is 0 Å². The van der Waals surface area contributed by atoms with Crippen molar-refractivity contribution in [2.24, 2.45) is 10.9 Å². The van der Waals surface area contributed by atoms with Gasteiger partial charge in [0.25, 0.3) is 0 Å². The maximum atomic E-state index is 13.1. The van der Waals surface area contributed by atoms with Gasteiger partial charge in [0.15, 0.2) is 5.78 Å². The Hall–Kier alpha value is -2.05. The molecule has 0 saturated carbocycles. The number of aliphatic imine (C=N–C) groups is 1. The summed E-state index contributed by atoms with van der Waals surface area (Å²) in [6.45, 7) is 1.87. The Labute approximate surface area is 160 Å². The number of nitrogens with zero attached hydrogens (tertiary/aromatic N) is 1. The van der Waals surface area contributed by atoms with Crippen molar-refractivity contribution in [1.29, 1.82) is 0 Å². The van der Waals surface area contributed by atoms with Crippen LogP contribution in [0.25, 0.3) is 0 Å². The van der Waals surface area contributed by atoms with E-state index in [1.54, 1.807) is 22.7 Å². The fraction of sp³-hybridized carbons (Fsp3) is 0.350. The summed E-state index contributed by atoms with van der Waals surface area (Å²) in [4.78, 5) is 32.6. The summed E-state index contributed by atoms with van der Waals surface area (Å²) in [6.07, 6.45) is 1.22. The molecule has 1 aliphatic carbocycles. The van der Waals surface area contributed by atoms with Crippen LogP contribution >= 0.6 is 22.7 Å². The number of ether oxygens (including phenoxy) is 1.